The Labute approximate surface area is 105 Å². The molecule has 1 atom stereocenters. The predicted octanol–water partition coefficient (Wildman–Crippen LogP) is 3.09. The van der Waals surface area contributed by atoms with Gasteiger partial charge in [0, 0.05) is 24.8 Å². The van der Waals surface area contributed by atoms with Crippen molar-refractivity contribution in [1.29, 1.82) is 0 Å². The molecule has 1 rings (SSSR count). The van der Waals surface area contributed by atoms with E-state index in [-0.39, 0.29) is 11.7 Å². The number of nitrogens with one attached hydrogen (secondary N) is 1. The number of hydrogen-bond acceptors (Lipinski definition) is 4. The summed E-state index contributed by atoms with van der Waals surface area (Å²) in [6.45, 7) is 4.99. The minimum Gasteiger partial charge on any atom is -0.380 e. The average Bonchev–Trinajstić information content (AvgIpc) is 2.29. The highest BCUT2D eigenvalue weighted by molar-refractivity contribution is 6.33. The van der Waals surface area contributed by atoms with Crippen LogP contribution in [0.4, 0.5) is 11.4 Å². The minimum absolute atomic E-state index is 0.0144. The quantitative estimate of drug-likeness (QED) is 0.629. The van der Waals surface area contributed by atoms with E-state index >= 15 is 0 Å². The summed E-state index contributed by atoms with van der Waals surface area (Å²) >= 11 is 5.95. The Morgan fingerprint density at radius 2 is 2.29 bits per heavy atom. The molecule has 0 amide bonds. The van der Waals surface area contributed by atoms with E-state index in [0.717, 1.165) is 0 Å². The summed E-state index contributed by atoms with van der Waals surface area (Å²) in [5, 5.41) is 14.2. The van der Waals surface area contributed by atoms with E-state index in [4.69, 9.17) is 16.3 Å². The molecule has 6 heteroatoms. The van der Waals surface area contributed by atoms with Crippen molar-refractivity contribution >= 4 is 23.0 Å². The summed E-state index contributed by atoms with van der Waals surface area (Å²) in [5.74, 6) is 0. The number of benzene rings is 1. The summed E-state index contributed by atoms with van der Waals surface area (Å²) in [7, 11) is 0. The van der Waals surface area contributed by atoms with E-state index in [9.17, 15) is 10.1 Å². The van der Waals surface area contributed by atoms with Crippen molar-refractivity contribution in [3.8, 4) is 0 Å². The molecule has 0 aliphatic rings. The Hall–Kier alpha value is -1.33. The summed E-state index contributed by atoms with van der Waals surface area (Å²) in [4.78, 5) is 10.2. The normalized spacial score (nSPS) is 12.2. The van der Waals surface area contributed by atoms with Crippen LogP contribution in [-0.4, -0.2) is 24.2 Å². The molecule has 0 aromatic heterocycles. The fraction of sp³-hybridized carbons (Fsp3) is 0.455. The maximum absolute atomic E-state index is 10.6. The lowest BCUT2D eigenvalue weighted by Gasteiger charge is -2.15. The van der Waals surface area contributed by atoms with Crippen molar-refractivity contribution in [2.45, 2.75) is 19.9 Å². The summed E-state index contributed by atoms with van der Waals surface area (Å²) in [6.07, 6.45) is 0. The fourth-order valence-corrected chi connectivity index (χ4v) is 1.51. The zero-order valence-corrected chi connectivity index (χ0v) is 10.5. The van der Waals surface area contributed by atoms with Crippen LogP contribution in [-0.2, 0) is 4.74 Å². The molecule has 0 spiro atoms. The molecular formula is C11H15ClN2O3. The van der Waals surface area contributed by atoms with Gasteiger partial charge in [-0.3, -0.25) is 10.1 Å². The van der Waals surface area contributed by atoms with Gasteiger partial charge in [0.2, 0.25) is 0 Å². The molecule has 94 valence electrons. The number of nitro groups is 1. The Morgan fingerprint density at radius 1 is 1.59 bits per heavy atom. The Kier molecular flexibility index (Phi) is 5.18. The number of nitro benzene ring substituents is 1. The maximum Gasteiger partial charge on any atom is 0.271 e. The highest BCUT2D eigenvalue weighted by atomic mass is 35.5. The largest absolute Gasteiger partial charge is 0.380 e. The summed E-state index contributed by atoms with van der Waals surface area (Å²) < 4.78 is 5.25. The zero-order valence-electron chi connectivity index (χ0n) is 9.77. The third kappa shape index (κ3) is 4.20. The fourth-order valence-electron chi connectivity index (χ4n) is 1.34. The van der Waals surface area contributed by atoms with Crippen molar-refractivity contribution in [2.75, 3.05) is 18.5 Å². The molecule has 0 aliphatic carbocycles. The summed E-state index contributed by atoms with van der Waals surface area (Å²) in [6, 6.07) is 4.34. The van der Waals surface area contributed by atoms with Crippen molar-refractivity contribution < 1.29 is 9.66 Å². The van der Waals surface area contributed by atoms with E-state index in [1.54, 1.807) is 0 Å². The van der Waals surface area contributed by atoms with Crippen LogP contribution in [0.15, 0.2) is 18.2 Å². The average molecular weight is 259 g/mol. The lowest BCUT2D eigenvalue weighted by molar-refractivity contribution is -0.384. The van der Waals surface area contributed by atoms with Gasteiger partial charge in [-0.25, -0.2) is 0 Å². The van der Waals surface area contributed by atoms with E-state index in [0.29, 0.717) is 23.9 Å². The molecule has 1 aromatic carbocycles. The Balaban J connectivity index is 2.75. The van der Waals surface area contributed by atoms with Crippen LogP contribution in [0, 0.1) is 10.1 Å². The first-order valence-corrected chi connectivity index (χ1v) is 5.70. The number of non-ortho nitro benzene ring substituents is 1. The number of hydrogen-bond donors (Lipinski definition) is 1. The molecule has 1 N–H and O–H groups in total. The minimum atomic E-state index is -0.450. The Bertz CT molecular complexity index is 398. The second kappa shape index (κ2) is 6.42. The van der Waals surface area contributed by atoms with Crippen LogP contribution in [0.3, 0.4) is 0 Å². The molecule has 1 aromatic rings. The number of nitrogens with zero attached hydrogens (tertiary/aromatic N) is 1. The van der Waals surface area contributed by atoms with Crippen molar-refractivity contribution in [1.82, 2.24) is 0 Å². The second-order valence-electron chi connectivity index (χ2n) is 3.63. The first-order chi connectivity index (χ1) is 8.04. The van der Waals surface area contributed by atoms with Crippen LogP contribution < -0.4 is 5.32 Å². The van der Waals surface area contributed by atoms with Crippen LogP contribution in [0.2, 0.25) is 5.02 Å². The van der Waals surface area contributed by atoms with Crippen molar-refractivity contribution in [3.05, 3.63) is 33.3 Å². The summed E-state index contributed by atoms with van der Waals surface area (Å²) in [5.41, 5.74) is 0.563. The van der Waals surface area contributed by atoms with Gasteiger partial charge < -0.3 is 10.1 Å². The van der Waals surface area contributed by atoms with Gasteiger partial charge in [0.1, 0.15) is 0 Å². The first-order valence-electron chi connectivity index (χ1n) is 5.32. The topological polar surface area (TPSA) is 64.4 Å². The predicted molar refractivity (Wildman–Crippen MR) is 67.7 cm³/mol. The van der Waals surface area contributed by atoms with Crippen LogP contribution in [0.25, 0.3) is 0 Å². The second-order valence-corrected chi connectivity index (χ2v) is 4.03. The molecule has 0 fully saturated rings. The van der Waals surface area contributed by atoms with Gasteiger partial charge in [0.05, 0.1) is 22.2 Å². The highest BCUT2D eigenvalue weighted by Crippen LogP contribution is 2.27. The molecule has 0 saturated heterocycles. The third-order valence-electron chi connectivity index (χ3n) is 2.13. The Morgan fingerprint density at radius 3 is 2.88 bits per heavy atom. The van der Waals surface area contributed by atoms with Gasteiger partial charge in [-0.05, 0) is 19.9 Å². The zero-order chi connectivity index (χ0) is 12.8. The van der Waals surface area contributed by atoms with E-state index in [1.165, 1.54) is 18.2 Å². The lowest BCUT2D eigenvalue weighted by Crippen LogP contribution is -2.21. The lowest BCUT2D eigenvalue weighted by atomic mass is 10.2. The molecule has 0 saturated carbocycles. The van der Waals surface area contributed by atoms with Gasteiger partial charge in [0.15, 0.2) is 0 Å². The monoisotopic (exact) mass is 258 g/mol. The van der Waals surface area contributed by atoms with E-state index in [2.05, 4.69) is 5.32 Å². The number of halogens is 1. The standard InChI is InChI=1S/C11H15ClN2O3/c1-3-17-7-8(2)13-11-6-9(14(15)16)4-5-10(11)12/h4-6,8,13H,3,7H2,1-2H3. The van der Waals surface area contributed by atoms with Crippen LogP contribution >= 0.6 is 11.6 Å². The molecule has 0 radical (unpaired) electrons. The van der Waals surface area contributed by atoms with Gasteiger partial charge in [-0.2, -0.15) is 0 Å². The molecule has 0 bridgehead atoms. The number of anilines is 1. The van der Waals surface area contributed by atoms with Gasteiger partial charge >= 0.3 is 0 Å². The first kappa shape index (κ1) is 13.7. The van der Waals surface area contributed by atoms with Crippen LogP contribution in [0.1, 0.15) is 13.8 Å². The highest BCUT2D eigenvalue weighted by Gasteiger charge is 2.11. The number of ether oxygens (including phenoxy) is 1. The van der Waals surface area contributed by atoms with Gasteiger partial charge in [0.25, 0.3) is 5.69 Å². The maximum atomic E-state index is 10.6. The van der Waals surface area contributed by atoms with Gasteiger partial charge in [-0.1, -0.05) is 11.6 Å². The molecular weight excluding hydrogens is 244 g/mol. The van der Waals surface area contributed by atoms with Crippen LogP contribution in [0.5, 0.6) is 0 Å². The van der Waals surface area contributed by atoms with Gasteiger partial charge in [-0.15, -0.1) is 0 Å². The molecule has 0 heterocycles. The molecule has 1 unspecified atom stereocenters. The molecule has 0 aliphatic heterocycles. The number of rotatable bonds is 6. The third-order valence-corrected chi connectivity index (χ3v) is 2.46. The molecule has 5 nitrogen and oxygen atoms in total. The SMILES string of the molecule is CCOCC(C)Nc1cc([N+](=O)[O-])ccc1Cl. The van der Waals surface area contributed by atoms with Crippen molar-refractivity contribution in [2.24, 2.45) is 0 Å². The smallest absolute Gasteiger partial charge is 0.271 e. The van der Waals surface area contributed by atoms with E-state index < -0.39 is 4.92 Å². The molecule has 17 heavy (non-hydrogen) atoms. The van der Waals surface area contributed by atoms with Crippen molar-refractivity contribution in [3.63, 3.8) is 0 Å². The van der Waals surface area contributed by atoms with E-state index in [1.807, 2.05) is 13.8 Å².